The number of thiazole rings is 1. The Morgan fingerprint density at radius 3 is 2.89 bits per heavy atom. The largest absolute Gasteiger partial charge is 0.356 e. The fourth-order valence-electron chi connectivity index (χ4n) is 2.36. The normalized spacial score (nSPS) is 11.0. The van der Waals surface area contributed by atoms with Gasteiger partial charge in [-0.15, -0.1) is 11.3 Å². The molecule has 0 atom stereocenters. The van der Waals surface area contributed by atoms with Crippen LogP contribution in [0.1, 0.15) is 11.3 Å². The minimum Gasteiger partial charge on any atom is -0.356 e. The van der Waals surface area contributed by atoms with E-state index in [0.717, 1.165) is 11.7 Å². The summed E-state index contributed by atoms with van der Waals surface area (Å²) in [6.45, 7) is 2.99. The van der Waals surface area contributed by atoms with E-state index in [1.165, 1.54) is 22.2 Å². The second-order valence-corrected chi connectivity index (χ2v) is 5.23. The molecule has 2 aromatic heterocycles. The molecule has 0 saturated heterocycles. The minimum absolute atomic E-state index is 0.810. The molecule has 92 valence electrons. The molecule has 0 fully saturated rings. The average Bonchev–Trinajstić information content (AvgIpc) is 2.98. The number of benzene rings is 1. The summed E-state index contributed by atoms with van der Waals surface area (Å²) in [5.41, 5.74) is 3.94. The zero-order chi connectivity index (χ0) is 12.5. The third kappa shape index (κ3) is 1.78. The Kier molecular flexibility index (Phi) is 2.80. The number of aryl methyl sites for hydroxylation is 2. The van der Waals surface area contributed by atoms with Gasteiger partial charge in [-0.2, -0.15) is 0 Å². The van der Waals surface area contributed by atoms with Crippen LogP contribution in [0.2, 0.25) is 0 Å². The molecule has 3 rings (SSSR count). The van der Waals surface area contributed by atoms with Gasteiger partial charge in [0.15, 0.2) is 5.13 Å². The zero-order valence-electron chi connectivity index (χ0n) is 10.5. The van der Waals surface area contributed by atoms with Crippen molar-refractivity contribution >= 4 is 27.4 Å². The van der Waals surface area contributed by atoms with Crippen LogP contribution in [0.15, 0.2) is 35.8 Å². The van der Waals surface area contributed by atoms with Crippen LogP contribution in [-0.4, -0.2) is 9.55 Å². The molecule has 0 bridgehead atoms. The van der Waals surface area contributed by atoms with Gasteiger partial charge >= 0.3 is 0 Å². The maximum absolute atomic E-state index is 4.24. The highest BCUT2D eigenvalue weighted by Gasteiger charge is 2.10. The number of rotatable bonds is 3. The molecule has 0 spiro atoms. The maximum Gasteiger partial charge on any atom is 0.182 e. The van der Waals surface area contributed by atoms with Gasteiger partial charge in [0.1, 0.15) is 0 Å². The fourth-order valence-corrected chi connectivity index (χ4v) is 2.88. The van der Waals surface area contributed by atoms with Crippen molar-refractivity contribution in [3.05, 3.63) is 47.1 Å². The lowest BCUT2D eigenvalue weighted by Crippen LogP contribution is -2.05. The number of nitrogens with zero attached hydrogens (tertiary/aromatic N) is 2. The van der Waals surface area contributed by atoms with Crippen LogP contribution in [0.3, 0.4) is 0 Å². The Labute approximate surface area is 110 Å². The first-order chi connectivity index (χ1) is 8.77. The van der Waals surface area contributed by atoms with E-state index in [1.807, 2.05) is 11.6 Å². The van der Waals surface area contributed by atoms with E-state index in [-0.39, 0.29) is 0 Å². The van der Waals surface area contributed by atoms with E-state index >= 15 is 0 Å². The molecule has 0 radical (unpaired) electrons. The molecular weight excluding hydrogens is 242 g/mol. The molecule has 3 aromatic rings. The lowest BCUT2D eigenvalue weighted by atomic mass is 10.1. The summed E-state index contributed by atoms with van der Waals surface area (Å²) >= 11 is 1.63. The summed E-state index contributed by atoms with van der Waals surface area (Å²) in [4.78, 5) is 4.24. The molecule has 0 unspecified atom stereocenters. The Morgan fingerprint density at radius 2 is 2.17 bits per heavy atom. The highest BCUT2D eigenvalue weighted by Crippen LogP contribution is 2.25. The number of anilines is 1. The number of fused-ring (bicyclic) bond motifs is 1. The molecule has 0 aliphatic carbocycles. The van der Waals surface area contributed by atoms with E-state index < -0.39 is 0 Å². The van der Waals surface area contributed by atoms with Gasteiger partial charge in [0, 0.05) is 35.2 Å². The molecule has 2 heterocycles. The van der Waals surface area contributed by atoms with Gasteiger partial charge in [0.25, 0.3) is 0 Å². The molecule has 1 N–H and O–H groups in total. The smallest absolute Gasteiger partial charge is 0.182 e. The third-order valence-electron chi connectivity index (χ3n) is 3.35. The molecule has 0 aliphatic rings. The van der Waals surface area contributed by atoms with Crippen LogP contribution in [-0.2, 0) is 13.6 Å². The highest BCUT2D eigenvalue weighted by atomic mass is 32.1. The van der Waals surface area contributed by atoms with E-state index in [2.05, 4.69) is 53.1 Å². The van der Waals surface area contributed by atoms with Crippen molar-refractivity contribution in [3.63, 3.8) is 0 Å². The summed E-state index contributed by atoms with van der Waals surface area (Å²) in [6.07, 6.45) is 1.82. The van der Waals surface area contributed by atoms with Gasteiger partial charge in [-0.25, -0.2) is 4.98 Å². The zero-order valence-corrected chi connectivity index (χ0v) is 11.3. The molecular formula is C14H15N3S. The summed E-state index contributed by atoms with van der Waals surface area (Å²) < 4.78 is 2.26. The Balaban J connectivity index is 1.96. The molecule has 4 heteroatoms. The van der Waals surface area contributed by atoms with Crippen LogP contribution in [0, 0.1) is 6.92 Å². The fraction of sp³-hybridized carbons (Fsp3) is 0.214. The van der Waals surface area contributed by atoms with Crippen molar-refractivity contribution in [2.24, 2.45) is 7.05 Å². The van der Waals surface area contributed by atoms with E-state index in [9.17, 15) is 0 Å². The SMILES string of the molecule is Cc1c(CNc2nccs2)n(C)c2ccccc12. The Hall–Kier alpha value is -1.81. The molecule has 0 saturated carbocycles. The van der Waals surface area contributed by atoms with E-state index in [0.29, 0.717) is 0 Å². The van der Waals surface area contributed by atoms with Gasteiger partial charge in [-0.3, -0.25) is 0 Å². The molecule has 3 nitrogen and oxygen atoms in total. The van der Waals surface area contributed by atoms with Crippen molar-refractivity contribution in [2.45, 2.75) is 13.5 Å². The van der Waals surface area contributed by atoms with E-state index in [4.69, 9.17) is 0 Å². The highest BCUT2D eigenvalue weighted by molar-refractivity contribution is 7.13. The van der Waals surface area contributed by atoms with Crippen LogP contribution in [0.5, 0.6) is 0 Å². The number of para-hydroxylation sites is 1. The van der Waals surface area contributed by atoms with Gasteiger partial charge in [-0.05, 0) is 18.6 Å². The lowest BCUT2D eigenvalue weighted by Gasteiger charge is -2.06. The number of hydrogen-bond acceptors (Lipinski definition) is 3. The van der Waals surface area contributed by atoms with Gasteiger partial charge in [0.2, 0.25) is 0 Å². The quantitative estimate of drug-likeness (QED) is 0.777. The Bertz CT molecular complexity index is 629. The van der Waals surface area contributed by atoms with Crippen molar-refractivity contribution in [3.8, 4) is 0 Å². The molecule has 0 aliphatic heterocycles. The van der Waals surface area contributed by atoms with Crippen molar-refractivity contribution in [2.75, 3.05) is 5.32 Å². The first-order valence-corrected chi connectivity index (χ1v) is 6.81. The number of hydrogen-bond donors (Lipinski definition) is 1. The first-order valence-electron chi connectivity index (χ1n) is 5.93. The maximum atomic E-state index is 4.24. The molecule has 18 heavy (non-hydrogen) atoms. The summed E-state index contributed by atoms with van der Waals surface area (Å²) in [5.74, 6) is 0. The average molecular weight is 257 g/mol. The topological polar surface area (TPSA) is 29.9 Å². The van der Waals surface area contributed by atoms with Crippen LogP contribution in [0.4, 0.5) is 5.13 Å². The predicted molar refractivity (Wildman–Crippen MR) is 77.1 cm³/mol. The van der Waals surface area contributed by atoms with Crippen LogP contribution < -0.4 is 5.32 Å². The Morgan fingerprint density at radius 1 is 1.33 bits per heavy atom. The summed E-state index contributed by atoms with van der Waals surface area (Å²) in [5, 5.41) is 7.65. The third-order valence-corrected chi connectivity index (χ3v) is 4.08. The summed E-state index contributed by atoms with van der Waals surface area (Å²) in [7, 11) is 2.12. The standard InChI is InChI=1S/C14H15N3S/c1-10-11-5-3-4-6-12(11)17(2)13(10)9-16-14-15-7-8-18-14/h3-8H,9H2,1-2H3,(H,15,16). The summed E-state index contributed by atoms with van der Waals surface area (Å²) in [6, 6.07) is 8.51. The van der Waals surface area contributed by atoms with Crippen LogP contribution >= 0.6 is 11.3 Å². The van der Waals surface area contributed by atoms with Gasteiger partial charge in [0.05, 0.1) is 6.54 Å². The number of nitrogens with one attached hydrogen (secondary N) is 1. The second kappa shape index (κ2) is 4.46. The van der Waals surface area contributed by atoms with Crippen molar-refractivity contribution in [1.29, 1.82) is 0 Å². The first kappa shape index (κ1) is 11.3. The van der Waals surface area contributed by atoms with Crippen molar-refractivity contribution < 1.29 is 0 Å². The number of aromatic nitrogens is 2. The van der Waals surface area contributed by atoms with Gasteiger partial charge in [-0.1, -0.05) is 18.2 Å². The monoisotopic (exact) mass is 257 g/mol. The lowest BCUT2D eigenvalue weighted by molar-refractivity contribution is 0.861. The molecule has 1 aromatic carbocycles. The van der Waals surface area contributed by atoms with Crippen molar-refractivity contribution in [1.82, 2.24) is 9.55 Å². The molecule has 0 amide bonds. The minimum atomic E-state index is 0.810. The second-order valence-electron chi connectivity index (χ2n) is 4.34. The van der Waals surface area contributed by atoms with Crippen LogP contribution in [0.25, 0.3) is 10.9 Å². The predicted octanol–water partition coefficient (Wildman–Crippen LogP) is 3.56. The van der Waals surface area contributed by atoms with E-state index in [1.54, 1.807) is 11.3 Å². The van der Waals surface area contributed by atoms with Gasteiger partial charge < -0.3 is 9.88 Å².